The average molecular weight is 371 g/mol. The normalized spacial score (nSPS) is 19.3. The van der Waals surface area contributed by atoms with Crippen molar-refractivity contribution in [2.45, 2.75) is 12.5 Å². The van der Waals surface area contributed by atoms with E-state index in [1.54, 1.807) is 6.08 Å². The van der Waals surface area contributed by atoms with Crippen LogP contribution in [0, 0.1) is 0 Å². The third-order valence-electron chi connectivity index (χ3n) is 3.61. The molecule has 4 nitrogen and oxygen atoms in total. The first-order valence-corrected chi connectivity index (χ1v) is 8.04. The average Bonchev–Trinajstić information content (AvgIpc) is 2.55. The Labute approximate surface area is 142 Å². The van der Waals surface area contributed by atoms with Crippen LogP contribution in [-0.4, -0.2) is 17.9 Å². The van der Waals surface area contributed by atoms with Gasteiger partial charge in [-0.05, 0) is 23.3 Å². The van der Waals surface area contributed by atoms with Crippen molar-refractivity contribution in [3.63, 3.8) is 0 Å². The lowest BCUT2D eigenvalue weighted by atomic mass is 10.0. The van der Waals surface area contributed by atoms with E-state index in [0.717, 1.165) is 15.6 Å². The van der Waals surface area contributed by atoms with Gasteiger partial charge in [-0.1, -0.05) is 64.5 Å². The van der Waals surface area contributed by atoms with Gasteiger partial charge in [-0.3, -0.25) is 9.59 Å². The van der Waals surface area contributed by atoms with Crippen LogP contribution in [0.4, 0.5) is 0 Å². The number of hydrogen-bond acceptors (Lipinski definition) is 2. The van der Waals surface area contributed by atoms with Crippen LogP contribution in [0.1, 0.15) is 11.1 Å². The molecule has 1 atom stereocenters. The van der Waals surface area contributed by atoms with Crippen molar-refractivity contribution in [1.29, 1.82) is 0 Å². The Balaban J connectivity index is 1.76. The molecule has 2 aromatic rings. The molecule has 1 aliphatic rings. The summed E-state index contributed by atoms with van der Waals surface area (Å²) in [5.41, 5.74) is 2.09. The zero-order chi connectivity index (χ0) is 16.2. The lowest BCUT2D eigenvalue weighted by molar-refractivity contribution is -0.131. The van der Waals surface area contributed by atoms with Gasteiger partial charge >= 0.3 is 0 Å². The molecular weight excluding hydrogens is 356 g/mol. The lowest BCUT2D eigenvalue weighted by Crippen LogP contribution is -2.55. The largest absolute Gasteiger partial charge is 0.339 e. The maximum Gasteiger partial charge on any atom is 0.268 e. The highest BCUT2D eigenvalue weighted by atomic mass is 79.9. The summed E-state index contributed by atoms with van der Waals surface area (Å²) in [5, 5.41) is 5.47. The van der Waals surface area contributed by atoms with Gasteiger partial charge in [0, 0.05) is 10.9 Å². The Morgan fingerprint density at radius 2 is 1.70 bits per heavy atom. The summed E-state index contributed by atoms with van der Waals surface area (Å²) in [4.78, 5) is 24.5. The van der Waals surface area contributed by atoms with Gasteiger partial charge < -0.3 is 10.6 Å². The summed E-state index contributed by atoms with van der Waals surface area (Å²) in [6, 6.07) is 16.6. The van der Waals surface area contributed by atoms with Gasteiger partial charge in [0.05, 0.1) is 0 Å². The van der Waals surface area contributed by atoms with E-state index in [2.05, 4.69) is 26.6 Å². The van der Waals surface area contributed by atoms with Gasteiger partial charge in [-0.15, -0.1) is 0 Å². The fourth-order valence-electron chi connectivity index (χ4n) is 2.42. The van der Waals surface area contributed by atoms with Crippen molar-refractivity contribution >= 4 is 33.8 Å². The standard InChI is InChI=1S/C18H15BrN2O2/c19-14-9-5-4-8-13(14)11-16-18(23)20-15(17(22)21-16)10-12-6-2-1-3-7-12/h1-9,11,15H,10H2,(H,20,23)(H,21,22)/b16-11+. The smallest absolute Gasteiger partial charge is 0.268 e. The van der Waals surface area contributed by atoms with Crippen LogP contribution in [0.5, 0.6) is 0 Å². The summed E-state index contributed by atoms with van der Waals surface area (Å²) < 4.78 is 0.862. The minimum Gasteiger partial charge on any atom is -0.339 e. The SMILES string of the molecule is O=C1NC(Cc2ccccc2)C(=O)N/C1=C/c1ccccc1Br. The molecule has 2 amide bonds. The molecule has 0 saturated carbocycles. The van der Waals surface area contributed by atoms with Gasteiger partial charge in [0.1, 0.15) is 11.7 Å². The summed E-state index contributed by atoms with van der Waals surface area (Å²) in [6.45, 7) is 0. The molecule has 5 heteroatoms. The summed E-state index contributed by atoms with van der Waals surface area (Å²) >= 11 is 3.43. The molecule has 1 unspecified atom stereocenters. The Kier molecular flexibility index (Phi) is 4.57. The first kappa shape index (κ1) is 15.5. The van der Waals surface area contributed by atoms with Crippen molar-refractivity contribution in [2.75, 3.05) is 0 Å². The maximum atomic E-state index is 12.3. The second kappa shape index (κ2) is 6.79. The van der Waals surface area contributed by atoms with E-state index in [9.17, 15) is 9.59 Å². The number of rotatable bonds is 3. The zero-order valence-electron chi connectivity index (χ0n) is 12.3. The number of nitrogens with one attached hydrogen (secondary N) is 2. The van der Waals surface area contributed by atoms with Crippen molar-refractivity contribution < 1.29 is 9.59 Å². The van der Waals surface area contributed by atoms with Gasteiger partial charge in [-0.25, -0.2) is 0 Å². The van der Waals surface area contributed by atoms with E-state index in [1.807, 2.05) is 54.6 Å². The number of carbonyl (C=O) groups is 2. The second-order valence-electron chi connectivity index (χ2n) is 5.28. The summed E-state index contributed by atoms with van der Waals surface area (Å²) in [5.74, 6) is -0.479. The predicted molar refractivity (Wildman–Crippen MR) is 92.3 cm³/mol. The van der Waals surface area contributed by atoms with E-state index in [4.69, 9.17) is 0 Å². The van der Waals surface area contributed by atoms with Crippen LogP contribution in [0.2, 0.25) is 0 Å². The Morgan fingerprint density at radius 3 is 2.43 bits per heavy atom. The van der Waals surface area contributed by atoms with E-state index in [-0.39, 0.29) is 17.5 Å². The van der Waals surface area contributed by atoms with Gasteiger partial charge in [0.15, 0.2) is 0 Å². The number of hydrogen-bond donors (Lipinski definition) is 2. The van der Waals surface area contributed by atoms with E-state index < -0.39 is 6.04 Å². The molecule has 1 fully saturated rings. The van der Waals surface area contributed by atoms with Gasteiger partial charge in [-0.2, -0.15) is 0 Å². The van der Waals surface area contributed by atoms with Crippen LogP contribution in [-0.2, 0) is 16.0 Å². The van der Waals surface area contributed by atoms with Crippen molar-refractivity contribution in [3.05, 3.63) is 75.9 Å². The minimum absolute atomic E-state index is 0.202. The molecule has 1 heterocycles. The van der Waals surface area contributed by atoms with Crippen molar-refractivity contribution in [2.24, 2.45) is 0 Å². The molecule has 116 valence electrons. The molecule has 2 aromatic carbocycles. The third-order valence-corrected chi connectivity index (χ3v) is 4.33. The highest BCUT2D eigenvalue weighted by Crippen LogP contribution is 2.19. The predicted octanol–water partition coefficient (Wildman–Crippen LogP) is 2.65. The highest BCUT2D eigenvalue weighted by molar-refractivity contribution is 9.10. The molecule has 1 saturated heterocycles. The zero-order valence-corrected chi connectivity index (χ0v) is 13.8. The second-order valence-corrected chi connectivity index (χ2v) is 6.14. The van der Waals surface area contributed by atoms with E-state index >= 15 is 0 Å². The fourth-order valence-corrected chi connectivity index (χ4v) is 2.82. The van der Waals surface area contributed by atoms with E-state index in [1.165, 1.54) is 0 Å². The van der Waals surface area contributed by atoms with Crippen molar-refractivity contribution in [3.8, 4) is 0 Å². The van der Waals surface area contributed by atoms with Gasteiger partial charge in [0.2, 0.25) is 5.91 Å². The molecule has 0 spiro atoms. The molecule has 3 rings (SSSR count). The third kappa shape index (κ3) is 3.68. The van der Waals surface area contributed by atoms with Gasteiger partial charge in [0.25, 0.3) is 5.91 Å². The van der Waals surface area contributed by atoms with Crippen LogP contribution in [0.25, 0.3) is 6.08 Å². The van der Waals surface area contributed by atoms with Crippen LogP contribution in [0.15, 0.2) is 64.8 Å². The molecule has 2 N–H and O–H groups in total. The summed E-state index contributed by atoms with van der Waals surface area (Å²) in [7, 11) is 0. The highest BCUT2D eigenvalue weighted by Gasteiger charge is 2.29. The molecule has 0 bridgehead atoms. The monoisotopic (exact) mass is 370 g/mol. The Bertz CT molecular complexity index is 772. The first-order valence-electron chi connectivity index (χ1n) is 7.25. The first-order chi connectivity index (χ1) is 11.1. The van der Waals surface area contributed by atoms with Crippen molar-refractivity contribution in [1.82, 2.24) is 10.6 Å². The number of halogens is 1. The van der Waals surface area contributed by atoms with Crippen LogP contribution in [0.3, 0.4) is 0 Å². The number of piperazine rings is 1. The molecule has 0 aromatic heterocycles. The molecule has 23 heavy (non-hydrogen) atoms. The van der Waals surface area contributed by atoms with Crippen LogP contribution >= 0.6 is 15.9 Å². The molecule has 0 radical (unpaired) electrons. The minimum atomic E-state index is -0.554. The molecular formula is C18H15BrN2O2. The number of carbonyl (C=O) groups excluding carboxylic acids is 2. The number of benzene rings is 2. The quantitative estimate of drug-likeness (QED) is 0.816. The lowest BCUT2D eigenvalue weighted by Gasteiger charge is -2.25. The fraction of sp³-hybridized carbons (Fsp3) is 0.111. The maximum absolute atomic E-state index is 12.3. The Morgan fingerprint density at radius 1 is 1.00 bits per heavy atom. The number of amides is 2. The Hall–Kier alpha value is -2.40. The van der Waals surface area contributed by atoms with Crippen LogP contribution < -0.4 is 10.6 Å². The summed E-state index contributed by atoms with van der Waals surface area (Å²) in [6.07, 6.45) is 2.14. The molecule has 0 aliphatic carbocycles. The topological polar surface area (TPSA) is 58.2 Å². The molecule has 1 aliphatic heterocycles. The van der Waals surface area contributed by atoms with E-state index in [0.29, 0.717) is 6.42 Å².